The summed E-state index contributed by atoms with van der Waals surface area (Å²) >= 11 is 11.6. The van der Waals surface area contributed by atoms with E-state index in [1.54, 1.807) is 12.1 Å². The number of nitrogens with one attached hydrogen (secondary N) is 2. The molecule has 1 aromatic heterocycles. The minimum Gasteiger partial charge on any atom is -0.350 e. The van der Waals surface area contributed by atoms with Gasteiger partial charge in [0.1, 0.15) is 5.69 Å². The number of amides is 2. The Morgan fingerprint density at radius 3 is 2.36 bits per heavy atom. The Bertz CT molecular complexity index is 680. The normalized spacial score (nSPS) is 10.1. The van der Waals surface area contributed by atoms with Crippen molar-refractivity contribution in [1.82, 2.24) is 20.6 Å². The second-order valence-electron chi connectivity index (χ2n) is 4.23. The SMILES string of the molecule is O=C(NCCNC(=O)c1cnccn1)c1ccc(Cl)c(Cl)c1. The van der Waals surface area contributed by atoms with Crippen molar-refractivity contribution >= 4 is 35.0 Å². The summed E-state index contributed by atoms with van der Waals surface area (Å²) in [4.78, 5) is 31.2. The first-order valence-electron chi connectivity index (χ1n) is 6.35. The molecule has 1 heterocycles. The van der Waals surface area contributed by atoms with Crippen LogP contribution in [0.4, 0.5) is 0 Å². The number of aromatic nitrogens is 2. The second kappa shape index (κ2) is 7.72. The smallest absolute Gasteiger partial charge is 0.271 e. The molecule has 0 fully saturated rings. The van der Waals surface area contributed by atoms with E-state index < -0.39 is 0 Å². The fourth-order valence-corrected chi connectivity index (χ4v) is 1.90. The highest BCUT2D eigenvalue weighted by atomic mass is 35.5. The van der Waals surface area contributed by atoms with Gasteiger partial charge in [-0.2, -0.15) is 0 Å². The maximum Gasteiger partial charge on any atom is 0.271 e. The van der Waals surface area contributed by atoms with E-state index in [9.17, 15) is 9.59 Å². The summed E-state index contributed by atoms with van der Waals surface area (Å²) in [6, 6.07) is 4.60. The van der Waals surface area contributed by atoms with Crippen LogP contribution >= 0.6 is 23.2 Å². The summed E-state index contributed by atoms with van der Waals surface area (Å²) < 4.78 is 0. The number of carbonyl (C=O) groups excluding carboxylic acids is 2. The lowest BCUT2D eigenvalue weighted by atomic mass is 10.2. The molecule has 0 aliphatic carbocycles. The third-order valence-corrected chi connectivity index (χ3v) is 3.41. The lowest BCUT2D eigenvalue weighted by Crippen LogP contribution is -2.35. The Labute approximate surface area is 136 Å². The van der Waals surface area contributed by atoms with Crippen LogP contribution in [0.2, 0.25) is 10.0 Å². The molecule has 0 saturated carbocycles. The predicted octanol–water partition coefficient (Wildman–Crippen LogP) is 1.94. The summed E-state index contributed by atoms with van der Waals surface area (Å²) in [5.41, 5.74) is 0.618. The zero-order valence-corrected chi connectivity index (χ0v) is 12.9. The van der Waals surface area contributed by atoms with Gasteiger partial charge in [0, 0.05) is 31.0 Å². The van der Waals surface area contributed by atoms with Crippen LogP contribution in [0.5, 0.6) is 0 Å². The molecule has 0 aliphatic heterocycles. The Hall–Kier alpha value is -2.18. The molecule has 2 rings (SSSR count). The van der Waals surface area contributed by atoms with Gasteiger partial charge in [0.25, 0.3) is 11.8 Å². The van der Waals surface area contributed by atoms with E-state index in [-0.39, 0.29) is 30.6 Å². The number of carbonyl (C=O) groups is 2. The lowest BCUT2D eigenvalue weighted by Gasteiger charge is -2.07. The average Bonchev–Trinajstić information content (AvgIpc) is 2.54. The van der Waals surface area contributed by atoms with Gasteiger partial charge in [-0.15, -0.1) is 0 Å². The van der Waals surface area contributed by atoms with E-state index in [1.165, 1.54) is 24.7 Å². The Morgan fingerprint density at radius 1 is 1.00 bits per heavy atom. The van der Waals surface area contributed by atoms with Crippen LogP contribution in [0.3, 0.4) is 0 Å². The fraction of sp³-hybridized carbons (Fsp3) is 0.143. The quantitative estimate of drug-likeness (QED) is 0.816. The first kappa shape index (κ1) is 16.2. The maximum absolute atomic E-state index is 11.9. The number of nitrogens with zero attached hydrogens (tertiary/aromatic N) is 2. The van der Waals surface area contributed by atoms with Crippen LogP contribution in [-0.2, 0) is 0 Å². The molecular weight excluding hydrogens is 327 g/mol. The third-order valence-electron chi connectivity index (χ3n) is 2.67. The average molecular weight is 339 g/mol. The van der Waals surface area contributed by atoms with Crippen molar-refractivity contribution in [1.29, 1.82) is 0 Å². The summed E-state index contributed by atoms with van der Waals surface area (Å²) in [5.74, 6) is -0.649. The topological polar surface area (TPSA) is 84.0 Å². The lowest BCUT2D eigenvalue weighted by molar-refractivity contribution is 0.0925. The van der Waals surface area contributed by atoms with Gasteiger partial charge >= 0.3 is 0 Å². The van der Waals surface area contributed by atoms with Crippen molar-refractivity contribution in [2.24, 2.45) is 0 Å². The van der Waals surface area contributed by atoms with Crippen molar-refractivity contribution in [3.63, 3.8) is 0 Å². The number of hydrogen-bond donors (Lipinski definition) is 2. The van der Waals surface area contributed by atoms with Gasteiger partial charge in [-0.05, 0) is 18.2 Å². The van der Waals surface area contributed by atoms with Gasteiger partial charge in [-0.25, -0.2) is 4.98 Å². The van der Waals surface area contributed by atoms with Gasteiger partial charge in [0.15, 0.2) is 0 Å². The van der Waals surface area contributed by atoms with E-state index in [1.807, 2.05) is 0 Å². The molecule has 114 valence electrons. The van der Waals surface area contributed by atoms with E-state index >= 15 is 0 Å². The molecule has 2 amide bonds. The molecule has 0 aliphatic rings. The number of benzene rings is 1. The van der Waals surface area contributed by atoms with E-state index in [4.69, 9.17) is 23.2 Å². The molecule has 0 saturated heterocycles. The highest BCUT2D eigenvalue weighted by Crippen LogP contribution is 2.22. The molecule has 0 atom stereocenters. The molecule has 0 bridgehead atoms. The van der Waals surface area contributed by atoms with Gasteiger partial charge in [0.2, 0.25) is 0 Å². The predicted molar refractivity (Wildman–Crippen MR) is 83.2 cm³/mol. The molecule has 8 heteroatoms. The second-order valence-corrected chi connectivity index (χ2v) is 5.05. The Balaban J connectivity index is 1.78. The van der Waals surface area contributed by atoms with Gasteiger partial charge in [-0.1, -0.05) is 23.2 Å². The molecule has 2 N–H and O–H groups in total. The van der Waals surface area contributed by atoms with Crippen LogP contribution in [-0.4, -0.2) is 34.9 Å². The van der Waals surface area contributed by atoms with Crippen LogP contribution in [0, 0.1) is 0 Å². The summed E-state index contributed by atoms with van der Waals surface area (Å²) in [5, 5.41) is 5.98. The zero-order valence-electron chi connectivity index (χ0n) is 11.3. The van der Waals surface area contributed by atoms with Crippen molar-refractivity contribution in [2.75, 3.05) is 13.1 Å². The van der Waals surface area contributed by atoms with Gasteiger partial charge in [0.05, 0.1) is 16.2 Å². The summed E-state index contributed by atoms with van der Waals surface area (Å²) in [7, 11) is 0. The van der Waals surface area contributed by atoms with Gasteiger partial charge < -0.3 is 10.6 Å². The fourth-order valence-electron chi connectivity index (χ4n) is 1.60. The highest BCUT2D eigenvalue weighted by Gasteiger charge is 2.09. The molecule has 0 spiro atoms. The zero-order chi connectivity index (χ0) is 15.9. The number of halogens is 2. The van der Waals surface area contributed by atoms with Crippen LogP contribution < -0.4 is 10.6 Å². The Morgan fingerprint density at radius 2 is 1.73 bits per heavy atom. The van der Waals surface area contributed by atoms with Crippen molar-refractivity contribution in [2.45, 2.75) is 0 Å². The molecule has 0 unspecified atom stereocenters. The Kier molecular flexibility index (Phi) is 5.68. The van der Waals surface area contributed by atoms with E-state index in [0.29, 0.717) is 15.6 Å². The van der Waals surface area contributed by atoms with Crippen molar-refractivity contribution in [3.8, 4) is 0 Å². The number of rotatable bonds is 5. The monoisotopic (exact) mass is 338 g/mol. The van der Waals surface area contributed by atoms with E-state index in [0.717, 1.165) is 0 Å². The molecule has 22 heavy (non-hydrogen) atoms. The largest absolute Gasteiger partial charge is 0.350 e. The van der Waals surface area contributed by atoms with Crippen LogP contribution in [0.25, 0.3) is 0 Å². The maximum atomic E-state index is 11.9. The first-order valence-corrected chi connectivity index (χ1v) is 7.11. The molecule has 1 aromatic carbocycles. The molecule has 0 radical (unpaired) electrons. The highest BCUT2D eigenvalue weighted by molar-refractivity contribution is 6.42. The summed E-state index contributed by atoms with van der Waals surface area (Å²) in [6.45, 7) is 0.535. The summed E-state index contributed by atoms with van der Waals surface area (Å²) in [6.07, 6.45) is 4.28. The van der Waals surface area contributed by atoms with Crippen LogP contribution in [0.15, 0.2) is 36.8 Å². The molecular formula is C14H12Cl2N4O2. The molecule has 2 aromatic rings. The van der Waals surface area contributed by atoms with Gasteiger partial charge in [-0.3, -0.25) is 14.6 Å². The number of hydrogen-bond acceptors (Lipinski definition) is 4. The molecule has 6 nitrogen and oxygen atoms in total. The van der Waals surface area contributed by atoms with Crippen molar-refractivity contribution < 1.29 is 9.59 Å². The standard InChI is InChI=1S/C14H12Cl2N4O2/c15-10-2-1-9(7-11(10)16)13(21)19-5-6-20-14(22)12-8-17-3-4-18-12/h1-4,7-8H,5-6H2,(H,19,21)(H,20,22). The minimum atomic E-state index is -0.350. The van der Waals surface area contributed by atoms with Crippen LogP contribution in [0.1, 0.15) is 20.8 Å². The van der Waals surface area contributed by atoms with E-state index in [2.05, 4.69) is 20.6 Å². The third kappa shape index (κ3) is 4.41. The van der Waals surface area contributed by atoms with Crippen molar-refractivity contribution in [3.05, 3.63) is 58.1 Å². The minimum absolute atomic E-state index is 0.221. The first-order chi connectivity index (χ1) is 10.6.